The van der Waals surface area contributed by atoms with Crippen molar-refractivity contribution in [2.45, 2.75) is 56.4 Å². The molecule has 1 saturated heterocycles. The Labute approximate surface area is 202 Å². The Balaban J connectivity index is 1.72. The van der Waals surface area contributed by atoms with E-state index in [1.165, 1.54) is 21.2 Å². The number of aromatic nitrogens is 2. The van der Waals surface area contributed by atoms with E-state index in [-0.39, 0.29) is 40.1 Å². The number of hydrogen-bond donors (Lipinski definition) is 1. The molecule has 0 radical (unpaired) electrons. The van der Waals surface area contributed by atoms with Gasteiger partial charge in [-0.3, -0.25) is 9.47 Å². The molecule has 7 nitrogen and oxygen atoms in total. The van der Waals surface area contributed by atoms with Crippen LogP contribution >= 0.6 is 23.4 Å². The molecule has 1 amide bonds. The molecule has 5 rings (SSSR count). The summed E-state index contributed by atoms with van der Waals surface area (Å²) in [5.41, 5.74) is -1.08. The van der Waals surface area contributed by atoms with Gasteiger partial charge in [0.15, 0.2) is 0 Å². The molecule has 2 aromatic rings. The Morgan fingerprint density at radius 1 is 1.18 bits per heavy atom. The smallest absolute Gasteiger partial charge is 0.417 e. The van der Waals surface area contributed by atoms with Crippen LogP contribution in [-0.4, -0.2) is 56.6 Å². The van der Waals surface area contributed by atoms with Crippen LogP contribution in [0.15, 0.2) is 15.8 Å². The Bertz CT molecular complexity index is 1220. The van der Waals surface area contributed by atoms with Gasteiger partial charge in [0.2, 0.25) is 0 Å². The first-order valence-corrected chi connectivity index (χ1v) is 12.6. The number of hydrogen-bond acceptors (Lipinski definition) is 5. The highest BCUT2D eigenvalue weighted by molar-refractivity contribution is 7.99. The second-order valence-electron chi connectivity index (χ2n) is 9.49. The number of amides is 1. The lowest BCUT2D eigenvalue weighted by molar-refractivity contribution is -0.137. The Kier molecular flexibility index (Phi) is 5.70. The van der Waals surface area contributed by atoms with Gasteiger partial charge < -0.3 is 10.0 Å². The normalized spacial score (nSPS) is 25.5. The molecule has 0 spiro atoms. The molecule has 184 valence electrons. The maximum Gasteiger partial charge on any atom is 0.417 e. The highest BCUT2D eigenvalue weighted by atomic mass is 35.5. The van der Waals surface area contributed by atoms with Crippen LogP contribution in [0, 0.1) is 11.8 Å². The molecule has 0 unspecified atom stereocenters. The predicted octanol–water partition coefficient (Wildman–Crippen LogP) is 4.78. The molecule has 3 aliphatic rings. The van der Waals surface area contributed by atoms with Crippen LogP contribution in [0.5, 0.6) is 0 Å². The number of nitrogens with zero attached hydrogens (tertiary/aromatic N) is 4. The molecular weight excluding hydrogens is 493 g/mol. The van der Waals surface area contributed by atoms with Crippen LogP contribution in [0.4, 0.5) is 23.8 Å². The van der Waals surface area contributed by atoms with Crippen molar-refractivity contribution in [2.24, 2.45) is 11.8 Å². The lowest BCUT2D eigenvalue weighted by atomic mass is 10.0. The number of thioether (sulfide) groups is 1. The standard InChI is InChI=1S/C22H24ClF3N4O3S/c1-10-6-28(7-11(2)30(10)21(32)33)19-14-5-15(22(24,25)26)16(23)18-17(14)29(20(31)27-19)8-13(9-34-18)12-3-4-12/h5,10-13H,3-4,6-9H2,1-2H3,(H,32,33)/t10-,11+,13-/m0/s1. The Hall–Kier alpha value is -2.14. The van der Waals surface area contributed by atoms with Gasteiger partial charge >= 0.3 is 18.0 Å². The van der Waals surface area contributed by atoms with Crippen molar-refractivity contribution in [1.29, 1.82) is 0 Å². The molecule has 1 saturated carbocycles. The first-order chi connectivity index (χ1) is 16.0. The first-order valence-electron chi connectivity index (χ1n) is 11.2. The van der Waals surface area contributed by atoms with Gasteiger partial charge in [0, 0.05) is 30.8 Å². The summed E-state index contributed by atoms with van der Waals surface area (Å²) in [7, 11) is 0. The average Bonchev–Trinajstić information content (AvgIpc) is 3.56. The number of alkyl halides is 3. The zero-order valence-electron chi connectivity index (χ0n) is 18.6. The van der Waals surface area contributed by atoms with E-state index in [2.05, 4.69) is 4.98 Å². The topological polar surface area (TPSA) is 78.7 Å². The van der Waals surface area contributed by atoms with E-state index < -0.39 is 35.6 Å². The average molecular weight is 517 g/mol. The number of halogens is 4. The van der Waals surface area contributed by atoms with Crippen molar-refractivity contribution in [1.82, 2.24) is 14.5 Å². The van der Waals surface area contributed by atoms with E-state index >= 15 is 0 Å². The van der Waals surface area contributed by atoms with Crippen LogP contribution < -0.4 is 10.6 Å². The summed E-state index contributed by atoms with van der Waals surface area (Å²) in [5, 5.41) is 9.36. The van der Waals surface area contributed by atoms with Gasteiger partial charge in [-0.05, 0) is 44.6 Å². The van der Waals surface area contributed by atoms with E-state index in [4.69, 9.17) is 11.6 Å². The number of carboxylic acid groups (broad SMARTS) is 1. The fourth-order valence-corrected chi connectivity index (χ4v) is 7.09. The van der Waals surface area contributed by atoms with E-state index in [1.807, 2.05) is 0 Å². The fourth-order valence-electron chi connectivity index (χ4n) is 5.32. The number of carbonyl (C=O) groups is 1. The summed E-state index contributed by atoms with van der Waals surface area (Å²) >= 11 is 7.60. The number of benzene rings is 1. The SMILES string of the molecule is C[C@@H]1CN(c2nc(=O)n3c4c(c(Cl)c(C(F)(F)F)cc24)SC[C@@H](C2CC2)C3)C[C@H](C)N1C(=O)O. The highest BCUT2D eigenvalue weighted by Crippen LogP contribution is 2.49. The summed E-state index contributed by atoms with van der Waals surface area (Å²) in [6.07, 6.45) is -3.63. The monoisotopic (exact) mass is 516 g/mol. The van der Waals surface area contributed by atoms with Crippen LogP contribution in [-0.2, 0) is 12.7 Å². The number of rotatable bonds is 2. The summed E-state index contributed by atoms with van der Waals surface area (Å²) in [4.78, 5) is 32.4. The molecule has 3 atom stereocenters. The molecule has 1 N–H and O–H groups in total. The third-order valence-corrected chi connectivity index (χ3v) is 8.82. The zero-order valence-corrected chi connectivity index (χ0v) is 20.2. The van der Waals surface area contributed by atoms with Gasteiger partial charge in [0.05, 0.1) is 33.1 Å². The summed E-state index contributed by atoms with van der Waals surface area (Å²) < 4.78 is 43.4. The van der Waals surface area contributed by atoms with E-state index in [0.29, 0.717) is 23.7 Å². The third-order valence-electron chi connectivity index (χ3n) is 7.03. The molecule has 1 aliphatic carbocycles. The predicted molar refractivity (Wildman–Crippen MR) is 124 cm³/mol. The van der Waals surface area contributed by atoms with Crippen molar-refractivity contribution < 1.29 is 23.1 Å². The molecule has 2 aliphatic heterocycles. The van der Waals surface area contributed by atoms with Gasteiger partial charge in [-0.15, -0.1) is 11.8 Å². The minimum atomic E-state index is -4.68. The summed E-state index contributed by atoms with van der Waals surface area (Å²) in [5.74, 6) is 1.35. The largest absolute Gasteiger partial charge is 0.465 e. The summed E-state index contributed by atoms with van der Waals surface area (Å²) in [6, 6.07) is 0.133. The van der Waals surface area contributed by atoms with Gasteiger partial charge in [-0.2, -0.15) is 18.2 Å². The second-order valence-corrected chi connectivity index (χ2v) is 10.9. The number of piperazine rings is 1. The van der Waals surface area contributed by atoms with Crippen molar-refractivity contribution in [3.8, 4) is 0 Å². The zero-order chi connectivity index (χ0) is 24.5. The van der Waals surface area contributed by atoms with Crippen molar-refractivity contribution >= 4 is 46.2 Å². The molecule has 2 fully saturated rings. The Morgan fingerprint density at radius 2 is 1.82 bits per heavy atom. The Morgan fingerprint density at radius 3 is 2.38 bits per heavy atom. The van der Waals surface area contributed by atoms with Crippen LogP contribution in [0.25, 0.3) is 10.9 Å². The van der Waals surface area contributed by atoms with E-state index in [9.17, 15) is 27.9 Å². The third kappa shape index (κ3) is 3.90. The first kappa shape index (κ1) is 23.6. The van der Waals surface area contributed by atoms with E-state index in [0.717, 1.165) is 18.9 Å². The molecule has 3 heterocycles. The van der Waals surface area contributed by atoms with Gasteiger partial charge in [-0.25, -0.2) is 9.59 Å². The highest BCUT2D eigenvalue weighted by Gasteiger charge is 2.40. The molecule has 0 bridgehead atoms. The van der Waals surface area contributed by atoms with Gasteiger partial charge in [-0.1, -0.05) is 11.6 Å². The lowest BCUT2D eigenvalue weighted by Gasteiger charge is -2.43. The maximum atomic E-state index is 14.0. The van der Waals surface area contributed by atoms with Crippen LogP contribution in [0.1, 0.15) is 32.3 Å². The quantitative estimate of drug-likeness (QED) is 0.619. The minimum Gasteiger partial charge on any atom is -0.465 e. The molecule has 1 aromatic heterocycles. The van der Waals surface area contributed by atoms with Crippen LogP contribution in [0.2, 0.25) is 5.02 Å². The number of anilines is 1. The lowest BCUT2D eigenvalue weighted by Crippen LogP contribution is -2.58. The fraction of sp³-hybridized carbons (Fsp3) is 0.591. The molecular formula is C22H24ClF3N4O3S. The van der Waals surface area contributed by atoms with Crippen molar-refractivity contribution in [2.75, 3.05) is 23.7 Å². The minimum absolute atomic E-state index is 0.147. The molecule has 12 heteroatoms. The molecule has 1 aromatic carbocycles. The molecule has 34 heavy (non-hydrogen) atoms. The van der Waals surface area contributed by atoms with Gasteiger partial charge in [0.1, 0.15) is 5.82 Å². The van der Waals surface area contributed by atoms with Crippen LogP contribution in [0.3, 0.4) is 0 Å². The van der Waals surface area contributed by atoms with Gasteiger partial charge in [0.25, 0.3) is 0 Å². The van der Waals surface area contributed by atoms with E-state index in [1.54, 1.807) is 18.7 Å². The van der Waals surface area contributed by atoms with Crippen molar-refractivity contribution in [3.05, 3.63) is 27.1 Å². The van der Waals surface area contributed by atoms with Crippen molar-refractivity contribution in [3.63, 3.8) is 0 Å². The maximum absolute atomic E-state index is 14.0. The summed E-state index contributed by atoms with van der Waals surface area (Å²) in [6.45, 7) is 4.27. The second kappa shape index (κ2) is 8.22.